The number of hydrogen-bond donors (Lipinski definition) is 2. The predicted molar refractivity (Wildman–Crippen MR) is 121 cm³/mol. The maximum atomic E-state index is 6.04. The predicted octanol–water partition coefficient (Wildman–Crippen LogP) is 2.67. The number of aromatic nitrogens is 3. The van der Waals surface area contributed by atoms with Crippen LogP contribution in [0.1, 0.15) is 57.1 Å². The van der Waals surface area contributed by atoms with Crippen molar-refractivity contribution in [2.24, 2.45) is 16.3 Å². The van der Waals surface area contributed by atoms with Crippen LogP contribution in [0, 0.1) is 18.3 Å². The summed E-state index contributed by atoms with van der Waals surface area (Å²) in [6, 6.07) is 0.487. The van der Waals surface area contributed by atoms with E-state index >= 15 is 0 Å². The zero-order chi connectivity index (χ0) is 18.9. The molecule has 0 amide bonds. The van der Waals surface area contributed by atoms with E-state index in [9.17, 15) is 0 Å². The summed E-state index contributed by atoms with van der Waals surface area (Å²) in [5.74, 6) is 3.68. The summed E-state index contributed by atoms with van der Waals surface area (Å²) in [5.41, 5.74) is 0.326. The highest BCUT2D eigenvalue weighted by Crippen LogP contribution is 2.54. The Morgan fingerprint density at radius 2 is 2.11 bits per heavy atom. The fourth-order valence-electron chi connectivity index (χ4n) is 5.39. The van der Waals surface area contributed by atoms with Crippen molar-refractivity contribution in [3.63, 3.8) is 0 Å². The van der Waals surface area contributed by atoms with Crippen LogP contribution in [0.2, 0.25) is 0 Å². The third kappa shape index (κ3) is 4.04. The second-order valence-corrected chi connectivity index (χ2v) is 8.45. The Bertz CT molecular complexity index is 684. The summed E-state index contributed by atoms with van der Waals surface area (Å²) in [7, 11) is 1.87. The van der Waals surface area contributed by atoms with Gasteiger partial charge in [-0.1, -0.05) is 12.8 Å². The monoisotopic (exact) mass is 502 g/mol. The van der Waals surface area contributed by atoms with Crippen molar-refractivity contribution < 1.29 is 4.74 Å². The highest BCUT2D eigenvalue weighted by atomic mass is 127. The average molecular weight is 502 g/mol. The van der Waals surface area contributed by atoms with Crippen LogP contribution in [-0.2, 0) is 17.7 Å². The molecule has 2 N–H and O–H groups in total. The number of nitrogens with zero attached hydrogens (tertiary/aromatic N) is 4. The molecule has 0 aromatic carbocycles. The fraction of sp³-hybridized carbons (Fsp3) is 0.850. The molecule has 3 atom stereocenters. The fourth-order valence-corrected chi connectivity index (χ4v) is 5.39. The van der Waals surface area contributed by atoms with Crippen LogP contribution in [0.3, 0.4) is 0 Å². The topological polar surface area (TPSA) is 76.4 Å². The van der Waals surface area contributed by atoms with Gasteiger partial charge in [-0.3, -0.25) is 4.99 Å². The number of guanidine groups is 1. The van der Waals surface area contributed by atoms with Crippen LogP contribution >= 0.6 is 24.0 Å². The Morgan fingerprint density at radius 1 is 1.32 bits per heavy atom. The van der Waals surface area contributed by atoms with Gasteiger partial charge in [-0.25, -0.2) is 0 Å². The third-order valence-corrected chi connectivity index (χ3v) is 7.01. The van der Waals surface area contributed by atoms with Crippen LogP contribution in [0.15, 0.2) is 4.99 Å². The molecule has 8 heteroatoms. The normalized spacial score (nSPS) is 28.4. The maximum Gasteiger partial charge on any atom is 0.191 e. The van der Waals surface area contributed by atoms with Gasteiger partial charge in [0.1, 0.15) is 11.6 Å². The Hall–Kier alpha value is -0.900. The van der Waals surface area contributed by atoms with Crippen LogP contribution < -0.4 is 10.6 Å². The summed E-state index contributed by atoms with van der Waals surface area (Å²) < 4.78 is 8.30. The Labute approximate surface area is 185 Å². The molecule has 158 valence electrons. The van der Waals surface area contributed by atoms with Gasteiger partial charge in [0.2, 0.25) is 0 Å². The van der Waals surface area contributed by atoms with Gasteiger partial charge in [0.15, 0.2) is 5.96 Å². The number of aliphatic imine (C=N–C) groups is 1. The first-order valence-corrected chi connectivity index (χ1v) is 10.6. The molecule has 0 radical (unpaired) electrons. The van der Waals surface area contributed by atoms with E-state index in [4.69, 9.17) is 4.74 Å². The first kappa shape index (κ1) is 21.8. The lowest BCUT2D eigenvalue weighted by molar-refractivity contribution is -0.125. The van der Waals surface area contributed by atoms with E-state index in [1.54, 1.807) is 0 Å². The van der Waals surface area contributed by atoms with Crippen LogP contribution in [0.4, 0.5) is 0 Å². The number of fused-ring (bicyclic) bond motifs is 1. The molecule has 3 unspecified atom stereocenters. The van der Waals surface area contributed by atoms with E-state index in [2.05, 4.69) is 37.3 Å². The van der Waals surface area contributed by atoms with Crippen molar-refractivity contribution in [3.05, 3.63) is 11.6 Å². The van der Waals surface area contributed by atoms with E-state index < -0.39 is 0 Å². The highest BCUT2D eigenvalue weighted by Gasteiger charge is 2.56. The SMILES string of the molecule is CCOC1CC(NC(=NC)NCC2CCc3nnc(C)n3C2)C12CCCC2.I. The number of rotatable bonds is 5. The first-order valence-electron chi connectivity index (χ1n) is 10.6. The van der Waals surface area contributed by atoms with Crippen molar-refractivity contribution in [2.75, 3.05) is 20.2 Å². The maximum absolute atomic E-state index is 6.04. The van der Waals surface area contributed by atoms with Crippen LogP contribution in [0.25, 0.3) is 0 Å². The number of hydrogen-bond acceptors (Lipinski definition) is 4. The minimum Gasteiger partial charge on any atom is -0.378 e. The summed E-state index contributed by atoms with van der Waals surface area (Å²) >= 11 is 0. The minimum atomic E-state index is 0. The Balaban J connectivity index is 0.00000225. The molecular weight excluding hydrogens is 467 g/mol. The van der Waals surface area contributed by atoms with Gasteiger partial charge < -0.3 is 19.9 Å². The number of nitrogens with one attached hydrogen (secondary N) is 2. The zero-order valence-electron chi connectivity index (χ0n) is 17.4. The van der Waals surface area contributed by atoms with E-state index in [1.165, 1.54) is 25.7 Å². The third-order valence-electron chi connectivity index (χ3n) is 7.01. The van der Waals surface area contributed by atoms with Crippen molar-refractivity contribution in [3.8, 4) is 0 Å². The summed E-state index contributed by atoms with van der Waals surface area (Å²) in [6.45, 7) is 6.90. The Kier molecular flexibility index (Phi) is 7.22. The lowest BCUT2D eigenvalue weighted by Crippen LogP contribution is -2.65. The summed E-state index contributed by atoms with van der Waals surface area (Å²) in [6.07, 6.45) is 8.92. The summed E-state index contributed by atoms with van der Waals surface area (Å²) in [5, 5.41) is 15.8. The quantitative estimate of drug-likeness (QED) is 0.368. The second kappa shape index (κ2) is 9.28. The molecule has 2 heterocycles. The molecule has 2 aliphatic carbocycles. The van der Waals surface area contributed by atoms with Gasteiger partial charge in [-0.2, -0.15) is 0 Å². The van der Waals surface area contributed by atoms with E-state index in [0.717, 1.165) is 56.6 Å². The van der Waals surface area contributed by atoms with Gasteiger partial charge >= 0.3 is 0 Å². The van der Waals surface area contributed by atoms with Gasteiger partial charge in [0.05, 0.1) is 6.10 Å². The molecule has 28 heavy (non-hydrogen) atoms. The number of ether oxygens (including phenoxy) is 1. The van der Waals surface area contributed by atoms with Crippen molar-refractivity contribution in [2.45, 2.75) is 77.5 Å². The number of aryl methyl sites for hydroxylation is 2. The lowest BCUT2D eigenvalue weighted by Gasteiger charge is -2.54. The van der Waals surface area contributed by atoms with Gasteiger partial charge in [0, 0.05) is 44.6 Å². The average Bonchev–Trinajstić information content (AvgIpc) is 3.33. The van der Waals surface area contributed by atoms with Gasteiger partial charge in [0.25, 0.3) is 0 Å². The van der Waals surface area contributed by atoms with E-state index in [-0.39, 0.29) is 24.0 Å². The zero-order valence-corrected chi connectivity index (χ0v) is 19.7. The molecule has 1 spiro atoms. The van der Waals surface area contributed by atoms with E-state index in [0.29, 0.717) is 23.5 Å². The van der Waals surface area contributed by atoms with Crippen LogP contribution in [-0.4, -0.2) is 53.1 Å². The largest absolute Gasteiger partial charge is 0.378 e. The molecule has 0 saturated heterocycles. The lowest BCUT2D eigenvalue weighted by atomic mass is 9.60. The second-order valence-electron chi connectivity index (χ2n) is 8.45. The van der Waals surface area contributed by atoms with Gasteiger partial charge in [-0.15, -0.1) is 34.2 Å². The van der Waals surface area contributed by atoms with E-state index in [1.807, 2.05) is 14.0 Å². The molecule has 2 saturated carbocycles. The molecule has 1 aromatic heterocycles. The molecule has 3 aliphatic rings. The molecule has 4 rings (SSSR count). The molecular formula is C20H35IN6O. The van der Waals surface area contributed by atoms with Crippen molar-refractivity contribution >= 4 is 29.9 Å². The first-order chi connectivity index (χ1) is 13.2. The molecule has 2 fully saturated rings. The standard InChI is InChI=1S/C20H34N6O.HI/c1-4-27-17-11-16(20(17)9-5-6-10-20)23-19(21-3)22-12-15-7-8-18-25-24-14(2)26(18)13-15;/h15-17H,4-13H2,1-3H3,(H2,21,22,23);1H. The molecule has 7 nitrogen and oxygen atoms in total. The summed E-state index contributed by atoms with van der Waals surface area (Å²) in [4.78, 5) is 4.49. The van der Waals surface area contributed by atoms with Crippen LogP contribution in [0.5, 0.6) is 0 Å². The minimum absolute atomic E-state index is 0. The molecule has 1 aliphatic heterocycles. The van der Waals surface area contributed by atoms with Crippen molar-refractivity contribution in [1.82, 2.24) is 25.4 Å². The van der Waals surface area contributed by atoms with Gasteiger partial charge in [-0.05, 0) is 45.4 Å². The Morgan fingerprint density at radius 3 is 2.82 bits per heavy atom. The van der Waals surface area contributed by atoms with Crippen molar-refractivity contribution in [1.29, 1.82) is 0 Å². The molecule has 1 aromatic rings. The molecule has 0 bridgehead atoms. The number of halogens is 1. The smallest absolute Gasteiger partial charge is 0.191 e. The highest BCUT2D eigenvalue weighted by molar-refractivity contribution is 14.0.